The molecule has 4 amide bonds. The number of fused-ring (bicyclic) bond motifs is 3. The molecule has 2 saturated heterocycles. The van der Waals surface area contributed by atoms with Gasteiger partial charge in [-0.05, 0) is 103 Å². The van der Waals surface area contributed by atoms with Crippen LogP contribution in [0.3, 0.4) is 0 Å². The van der Waals surface area contributed by atoms with E-state index in [4.69, 9.17) is 19.4 Å². The van der Waals surface area contributed by atoms with Crippen molar-refractivity contribution in [3.8, 4) is 0 Å². The second kappa shape index (κ2) is 16.5. The first-order valence-corrected chi connectivity index (χ1v) is 21.0. The Bertz CT molecular complexity index is 2600. The summed E-state index contributed by atoms with van der Waals surface area (Å²) in [6.07, 6.45) is 5.81. The predicted molar refractivity (Wildman–Crippen MR) is 227 cm³/mol. The number of benzene rings is 2. The second-order valence-corrected chi connectivity index (χ2v) is 16.9. The van der Waals surface area contributed by atoms with Gasteiger partial charge in [0.1, 0.15) is 23.7 Å². The van der Waals surface area contributed by atoms with Gasteiger partial charge in [-0.2, -0.15) is 0 Å². The molecule has 8 rings (SSSR count). The lowest BCUT2D eigenvalue weighted by Crippen LogP contribution is -2.51. The Kier molecular flexibility index (Phi) is 11.2. The minimum Gasteiger partial charge on any atom is -0.453 e. The van der Waals surface area contributed by atoms with Crippen LogP contribution >= 0.6 is 0 Å². The summed E-state index contributed by atoms with van der Waals surface area (Å²) in [4.78, 5) is 72.4. The average molecular weight is 818 g/mol. The number of hydrogen-bond acceptors (Lipinski definition) is 8. The monoisotopic (exact) mass is 817 g/mol. The number of carbonyl (C=O) groups is 4. The van der Waals surface area contributed by atoms with E-state index in [1.807, 2.05) is 37.5 Å². The SMILES string of the molecule is COC(=O)NC(C(=O)N1CCCC1c1nc2ccc(C3=c4ccn(C)c4=C(c4ccc5nc(C6CCCN6C(=O)C(NC(=O)OC)C(C)C)[nH]c5c4)CC3)cc2[nH]1)C(C)C. The first-order chi connectivity index (χ1) is 28.9. The number of alkyl carbamates (subject to hydrolysis) is 2. The van der Waals surface area contributed by atoms with Crippen molar-refractivity contribution in [2.75, 3.05) is 27.3 Å². The van der Waals surface area contributed by atoms with E-state index >= 15 is 0 Å². The van der Waals surface area contributed by atoms with Gasteiger partial charge in [0.2, 0.25) is 11.8 Å². The zero-order valence-corrected chi connectivity index (χ0v) is 35.4. The number of aromatic amines is 2. The summed E-state index contributed by atoms with van der Waals surface area (Å²) >= 11 is 0. The van der Waals surface area contributed by atoms with E-state index in [1.54, 1.807) is 0 Å². The number of nitrogens with zero attached hydrogens (tertiary/aromatic N) is 5. The standard InChI is InChI=1S/C45H55N9O6/c1-24(2)37(50-44(57)59-6)42(55)53-19-8-10-35(53)40-46-31-16-12-26(22-33(31)48-40)28-14-15-29(39-30(28)18-21-52(39)5)27-13-17-32-34(23-27)49-41(47-32)36-11-9-20-54(36)43(56)38(25(3)4)51-45(58)60-7/h12-13,16-18,21-25,35-38H,8-11,14-15,19-20H2,1-7H3,(H,46,48)(H,47,49)(H,50,57)(H,51,58). The molecule has 2 fully saturated rings. The number of imidazole rings is 2. The lowest BCUT2D eigenvalue weighted by atomic mass is 9.89. The fraction of sp³-hybridized carbons (Fsp3) is 0.467. The number of methoxy groups -OCH3 is 2. The van der Waals surface area contributed by atoms with Crippen molar-refractivity contribution in [1.29, 1.82) is 0 Å². The summed E-state index contributed by atoms with van der Waals surface area (Å²) in [7, 11) is 4.68. The normalized spacial score (nSPS) is 19.0. The van der Waals surface area contributed by atoms with Crippen LogP contribution in [-0.2, 0) is 26.1 Å². The van der Waals surface area contributed by atoms with Crippen molar-refractivity contribution in [2.45, 2.75) is 90.4 Å². The quantitative estimate of drug-likeness (QED) is 0.151. The van der Waals surface area contributed by atoms with Crippen molar-refractivity contribution in [2.24, 2.45) is 18.9 Å². The van der Waals surface area contributed by atoms with Crippen LogP contribution in [-0.4, -0.2) is 97.7 Å². The molecule has 5 heterocycles. The molecule has 2 aromatic carbocycles. The third kappa shape index (κ3) is 7.49. The highest BCUT2D eigenvalue weighted by Gasteiger charge is 2.39. The molecule has 4 N–H and O–H groups in total. The van der Waals surface area contributed by atoms with E-state index in [9.17, 15) is 19.2 Å². The maximum atomic E-state index is 13.8. The topological polar surface area (TPSA) is 180 Å². The molecule has 5 aromatic rings. The van der Waals surface area contributed by atoms with Crippen LogP contribution in [0.1, 0.15) is 101 Å². The summed E-state index contributed by atoms with van der Waals surface area (Å²) in [6, 6.07) is 13.1. The summed E-state index contributed by atoms with van der Waals surface area (Å²) < 4.78 is 11.8. The van der Waals surface area contributed by atoms with Gasteiger partial charge in [0.05, 0.1) is 53.7 Å². The molecule has 15 heteroatoms. The number of rotatable bonds is 10. The highest BCUT2D eigenvalue weighted by Crippen LogP contribution is 2.36. The van der Waals surface area contributed by atoms with Crippen LogP contribution in [0, 0.1) is 11.8 Å². The molecule has 316 valence electrons. The Balaban J connectivity index is 1.08. The van der Waals surface area contributed by atoms with Gasteiger partial charge >= 0.3 is 12.2 Å². The maximum Gasteiger partial charge on any atom is 0.407 e. The number of H-pyrrole nitrogens is 2. The van der Waals surface area contributed by atoms with Gasteiger partial charge < -0.3 is 44.4 Å². The molecule has 3 aliphatic rings. The van der Waals surface area contributed by atoms with E-state index in [2.05, 4.69) is 80.9 Å². The van der Waals surface area contributed by atoms with Crippen molar-refractivity contribution < 1.29 is 28.7 Å². The van der Waals surface area contributed by atoms with Crippen molar-refractivity contribution in [3.63, 3.8) is 0 Å². The molecular weight excluding hydrogens is 763 g/mol. The molecule has 0 saturated carbocycles. The Morgan fingerprint density at radius 3 is 1.63 bits per heavy atom. The third-order valence-electron chi connectivity index (χ3n) is 12.5. The van der Waals surface area contributed by atoms with Crippen LogP contribution in [0.4, 0.5) is 9.59 Å². The van der Waals surface area contributed by atoms with E-state index < -0.39 is 24.3 Å². The lowest BCUT2D eigenvalue weighted by molar-refractivity contribution is -0.136. The largest absolute Gasteiger partial charge is 0.453 e. The van der Waals surface area contributed by atoms with Crippen LogP contribution in [0.5, 0.6) is 0 Å². The Labute approximate surface area is 348 Å². The number of carbonyl (C=O) groups excluding carboxylic acids is 4. The van der Waals surface area contributed by atoms with E-state index in [1.165, 1.54) is 35.9 Å². The third-order valence-corrected chi connectivity index (χ3v) is 12.5. The van der Waals surface area contributed by atoms with Crippen LogP contribution in [0.15, 0.2) is 48.7 Å². The van der Waals surface area contributed by atoms with Gasteiger partial charge in [0.15, 0.2) is 0 Å². The molecule has 0 bridgehead atoms. The average Bonchev–Trinajstić information content (AvgIpc) is 4.10. The number of likely N-dealkylation sites (tertiary alicyclic amines) is 2. The second-order valence-electron chi connectivity index (χ2n) is 16.9. The maximum absolute atomic E-state index is 13.8. The predicted octanol–water partition coefficient (Wildman–Crippen LogP) is 5.06. The molecule has 0 radical (unpaired) electrons. The number of nitrogens with one attached hydrogen (secondary N) is 4. The molecule has 15 nitrogen and oxygen atoms in total. The number of hydrogen-bond donors (Lipinski definition) is 4. The minimum atomic E-state index is -0.696. The number of amides is 4. The van der Waals surface area contributed by atoms with E-state index in [0.29, 0.717) is 13.1 Å². The Morgan fingerprint density at radius 1 is 0.700 bits per heavy atom. The molecule has 3 aromatic heterocycles. The van der Waals surface area contributed by atoms with Gasteiger partial charge in [-0.25, -0.2) is 19.6 Å². The summed E-state index contributed by atoms with van der Waals surface area (Å²) in [5.74, 6) is 1.01. The lowest BCUT2D eigenvalue weighted by Gasteiger charge is -2.29. The summed E-state index contributed by atoms with van der Waals surface area (Å²) in [5.41, 5.74) is 8.26. The molecule has 1 aliphatic carbocycles. The van der Waals surface area contributed by atoms with Gasteiger partial charge in [-0.15, -0.1) is 0 Å². The number of aryl methyl sites for hydroxylation is 1. The highest BCUT2D eigenvalue weighted by atomic mass is 16.5. The first kappa shape index (κ1) is 40.7. The summed E-state index contributed by atoms with van der Waals surface area (Å²) in [5, 5.41) is 7.81. The smallest absolute Gasteiger partial charge is 0.407 e. The summed E-state index contributed by atoms with van der Waals surface area (Å²) in [6.45, 7) is 8.84. The molecule has 4 unspecified atom stereocenters. The zero-order valence-electron chi connectivity index (χ0n) is 35.4. The van der Waals surface area contributed by atoms with E-state index in [-0.39, 0.29) is 35.7 Å². The van der Waals surface area contributed by atoms with Gasteiger partial charge in [0, 0.05) is 31.6 Å². The minimum absolute atomic E-state index is 0.111. The van der Waals surface area contributed by atoms with Crippen LogP contribution in [0.25, 0.3) is 33.2 Å². The molecule has 4 atom stereocenters. The fourth-order valence-electron chi connectivity index (χ4n) is 9.37. The number of aromatic nitrogens is 5. The Morgan fingerprint density at radius 2 is 1.17 bits per heavy atom. The van der Waals surface area contributed by atoms with Gasteiger partial charge in [-0.1, -0.05) is 39.8 Å². The van der Waals surface area contributed by atoms with E-state index in [0.717, 1.165) is 83.4 Å². The molecule has 60 heavy (non-hydrogen) atoms. The van der Waals surface area contributed by atoms with Crippen LogP contribution < -0.4 is 21.2 Å². The van der Waals surface area contributed by atoms with Crippen molar-refractivity contribution in [1.82, 2.24) is 44.9 Å². The van der Waals surface area contributed by atoms with Gasteiger partial charge in [0.25, 0.3) is 0 Å². The van der Waals surface area contributed by atoms with Crippen molar-refractivity contribution in [3.05, 3.63) is 82.0 Å². The van der Waals surface area contributed by atoms with Gasteiger partial charge in [-0.3, -0.25) is 9.59 Å². The molecule has 0 spiro atoms. The van der Waals surface area contributed by atoms with Crippen molar-refractivity contribution >= 4 is 57.2 Å². The fourth-order valence-corrected chi connectivity index (χ4v) is 9.37. The number of ether oxygens (including phenoxy) is 2. The molecule has 2 aliphatic heterocycles. The first-order valence-electron chi connectivity index (χ1n) is 21.0. The van der Waals surface area contributed by atoms with Crippen LogP contribution in [0.2, 0.25) is 0 Å². The highest BCUT2D eigenvalue weighted by molar-refractivity contribution is 5.88. The zero-order chi connectivity index (χ0) is 42.4. The Hall–Kier alpha value is -6.12. The molecular formula is C45H55N9O6.